The Kier molecular flexibility index (Phi) is 36.9. The maximum Gasteiger partial charge on any atom is 0.404 e. The lowest BCUT2D eigenvalue weighted by molar-refractivity contribution is -0.372. The van der Waals surface area contributed by atoms with Crippen LogP contribution in [0.15, 0.2) is 53.6 Å². The van der Waals surface area contributed by atoms with E-state index in [1.165, 1.54) is 24.6 Å². The Hall–Kier alpha value is -9.28. The highest BCUT2D eigenvalue weighted by Crippen LogP contribution is 2.36. The van der Waals surface area contributed by atoms with E-state index in [0.717, 1.165) is 54.6 Å². The molecule has 5 aromatic rings. The third kappa shape index (κ3) is 26.6. The quantitative estimate of drug-likeness (QED) is 0.0127. The number of aromatic nitrogens is 6. The number of rotatable bonds is 45. The standard InChI is InChI=1S/C72H109N21O27S2/c1-27-46(90-61(92-59(27)77)35(18-42(75)98)84-20-34(74)60(78)108)63(110)91-48(56(36-21-80-26-85-36)117-71-58(52(104)49(101)40(22-94)116-71)118-70-54(106)57(119-72(79)113)50(102)41(23-95)115-70)65(112)86-29(3)39(97)19-44(100)89-47(30(4)96)64(111)93-66(120-69-53(105)51(103)45(76)31(5)114-69)55(107)68-88-38(25-122-68)67-87-37(24-121-67)62(109)83-14-9-13-33(73)17-43(99)82-16-10-15-81-28(2)32-11-7-6-8-12-32/h6-8,11-12,21,24-26,28-31,33-35,39-41,45,47-58,66,69-71,81,84,94-97,101-107H,9-10,13-20,22-23,73-74,76H2,1-5H3,(H2,75,98)(H2,78,108)(H2,79,113)(H,80,85)(H,82,99)(H,83,109)(H,86,112)(H,89,100)(H,91,110)(H,93,111)(H2,77,90,92). The molecule has 1 aromatic carbocycles. The summed E-state index contributed by atoms with van der Waals surface area (Å²) in [5.41, 5.74) is 40.8. The number of nitrogens with zero attached hydrogens (tertiary/aromatic N) is 5. The third-order valence-corrected chi connectivity index (χ3v) is 21.9. The largest absolute Gasteiger partial charge is 0.441 e. The van der Waals surface area contributed by atoms with Crippen molar-refractivity contribution >= 4 is 81.8 Å². The van der Waals surface area contributed by atoms with Gasteiger partial charge in [0.25, 0.3) is 11.8 Å². The van der Waals surface area contributed by atoms with Crippen LogP contribution in [0.3, 0.4) is 0 Å². The molecule has 3 aliphatic rings. The van der Waals surface area contributed by atoms with Crippen molar-refractivity contribution in [3.05, 3.63) is 92.7 Å². The van der Waals surface area contributed by atoms with Crippen LogP contribution < -0.4 is 82.7 Å². The van der Waals surface area contributed by atoms with Crippen molar-refractivity contribution < 1.29 is 132 Å². The van der Waals surface area contributed by atoms with Crippen molar-refractivity contribution in [2.75, 3.05) is 45.1 Å². The van der Waals surface area contributed by atoms with Crippen LogP contribution in [0.25, 0.3) is 10.7 Å². The Morgan fingerprint density at radius 2 is 1.35 bits per heavy atom. The molecule has 0 bridgehead atoms. The van der Waals surface area contributed by atoms with Crippen molar-refractivity contribution in [1.82, 2.24) is 72.4 Å². The number of aromatic amines is 1. The maximum absolute atomic E-state index is 15.3. The number of aliphatic hydroxyl groups excluding tert-OH is 11. The van der Waals surface area contributed by atoms with Crippen LogP contribution in [0.1, 0.15) is 139 Å². The highest BCUT2D eigenvalue weighted by atomic mass is 32.1. The number of ether oxygens (including phenoxy) is 7. The van der Waals surface area contributed by atoms with E-state index in [-0.39, 0.29) is 57.6 Å². The van der Waals surface area contributed by atoms with Gasteiger partial charge in [-0.2, -0.15) is 0 Å². The topological polar surface area (TPSA) is 799 Å². The van der Waals surface area contributed by atoms with Crippen LogP contribution >= 0.6 is 22.7 Å². The van der Waals surface area contributed by atoms with Gasteiger partial charge in [0.15, 0.2) is 37.3 Å². The number of thiazole rings is 2. The summed E-state index contributed by atoms with van der Waals surface area (Å²) in [5.74, 6) is -8.65. The number of anilines is 1. The summed E-state index contributed by atoms with van der Waals surface area (Å²) in [6, 6.07) is -0.117. The number of benzene rings is 1. The normalized spacial score (nSPS) is 25.9. The third-order valence-electron chi connectivity index (χ3n) is 20.1. The van der Waals surface area contributed by atoms with Gasteiger partial charge in [0.1, 0.15) is 112 Å². The van der Waals surface area contributed by atoms with Crippen LogP contribution in [-0.4, -0.2) is 320 Å². The number of imidazole rings is 1. The van der Waals surface area contributed by atoms with Gasteiger partial charge in [-0.05, 0) is 66.0 Å². The molecule has 3 saturated heterocycles. The van der Waals surface area contributed by atoms with Gasteiger partial charge in [0.2, 0.25) is 35.4 Å². The summed E-state index contributed by atoms with van der Waals surface area (Å²) in [7, 11) is 0. The molecule has 4 aromatic heterocycles. The molecular formula is C72H109N21O27S2. The fourth-order valence-electron chi connectivity index (χ4n) is 12.9. The number of hydrogen-bond acceptors (Lipinski definition) is 40. The van der Waals surface area contributed by atoms with Gasteiger partial charge >= 0.3 is 6.09 Å². The lowest BCUT2D eigenvalue weighted by Gasteiger charge is -2.47. The summed E-state index contributed by atoms with van der Waals surface area (Å²) in [4.78, 5) is 145. The molecule has 48 nitrogen and oxygen atoms in total. The number of amides is 9. The molecule has 27 atom stereocenters. The Bertz CT molecular complexity index is 4260. The van der Waals surface area contributed by atoms with Gasteiger partial charge in [-0.1, -0.05) is 30.3 Å². The molecule has 8 rings (SSSR count). The summed E-state index contributed by atoms with van der Waals surface area (Å²) in [5, 5.41) is 147. The number of H-pyrrole nitrogens is 1. The van der Waals surface area contributed by atoms with E-state index >= 15 is 9.59 Å². The second-order valence-electron chi connectivity index (χ2n) is 29.4. The zero-order valence-corrected chi connectivity index (χ0v) is 68.4. The predicted octanol–water partition coefficient (Wildman–Crippen LogP) is -9.24. The van der Waals surface area contributed by atoms with Crippen molar-refractivity contribution in [2.45, 2.75) is 238 Å². The zero-order chi connectivity index (χ0) is 89.7. The number of carbonyl (C=O) groups excluding carboxylic acids is 9. The summed E-state index contributed by atoms with van der Waals surface area (Å²) in [6.45, 7) is 5.84. The van der Waals surface area contributed by atoms with E-state index in [2.05, 4.69) is 79.4 Å². The smallest absolute Gasteiger partial charge is 0.404 e. The molecule has 34 N–H and O–H groups in total. The second kappa shape index (κ2) is 45.9. The van der Waals surface area contributed by atoms with Crippen molar-refractivity contribution in [3.8, 4) is 10.7 Å². The first kappa shape index (κ1) is 98.2. The number of nitrogen functional groups attached to an aromatic ring is 1. The van der Waals surface area contributed by atoms with E-state index in [0.29, 0.717) is 32.4 Å². The fourth-order valence-corrected chi connectivity index (χ4v) is 14.5. The molecule has 0 spiro atoms. The molecule has 3 aliphatic heterocycles. The van der Waals surface area contributed by atoms with Crippen LogP contribution in [0.5, 0.6) is 0 Å². The van der Waals surface area contributed by atoms with E-state index in [4.69, 9.17) is 73.3 Å². The lowest BCUT2D eigenvalue weighted by Crippen LogP contribution is -2.65. The SMILES string of the molecule is Cc1c(N)nc(C(CC(N)=O)NCC(N)C(N)=O)nc1C(=O)NC(C(=O)NC(C)C(O)CC(=O)NC(C(=O)NC(OC1OC(C)C(N)C(O)C1O)C(O)c1nc(-c2nc(C(=O)NCCCC(N)CC(=O)NCCCNC(C)c3ccccc3)cs2)cs1)C(C)O)C(OC1OC(CO)C(O)C(O)C1OC1OC(CO)C(O)C(OC(N)=O)C1O)c1cnc[nH]1. The van der Waals surface area contributed by atoms with Gasteiger partial charge in [-0.25, -0.2) is 29.7 Å². The van der Waals surface area contributed by atoms with Crippen LogP contribution in [0, 0.1) is 6.92 Å². The van der Waals surface area contributed by atoms with Crippen molar-refractivity contribution in [2.24, 2.45) is 34.4 Å². The molecule has 50 heteroatoms. The minimum Gasteiger partial charge on any atom is -0.441 e. The highest BCUT2D eigenvalue weighted by Gasteiger charge is 2.54. The van der Waals surface area contributed by atoms with Gasteiger partial charge in [0.05, 0.1) is 80.3 Å². The average Bonchev–Trinajstić information content (AvgIpc) is 0.843. The molecule has 3 fully saturated rings. The van der Waals surface area contributed by atoms with Gasteiger partial charge in [-0.3, -0.25) is 38.4 Å². The first-order valence-electron chi connectivity index (χ1n) is 38.7. The Labute approximate surface area is 704 Å². The molecular weight excluding hydrogens is 1660 g/mol. The molecule has 0 saturated carbocycles. The number of primary amides is 3. The molecule has 9 amide bonds. The summed E-state index contributed by atoms with van der Waals surface area (Å²) >= 11 is 1.84. The first-order valence-corrected chi connectivity index (χ1v) is 40.5. The molecule has 7 heterocycles. The summed E-state index contributed by atoms with van der Waals surface area (Å²) in [6.07, 6.45) is -36.5. The van der Waals surface area contributed by atoms with Gasteiger partial charge < -0.3 is 177 Å². The molecule has 0 radical (unpaired) electrons. The van der Waals surface area contributed by atoms with E-state index in [1.807, 2.05) is 30.3 Å². The monoisotopic (exact) mass is 1760 g/mol. The van der Waals surface area contributed by atoms with Gasteiger partial charge in [-0.15, -0.1) is 22.7 Å². The van der Waals surface area contributed by atoms with Crippen molar-refractivity contribution in [1.29, 1.82) is 0 Å². The Morgan fingerprint density at radius 1 is 0.672 bits per heavy atom. The number of nitrogens with two attached hydrogens (primary N) is 7. The fraction of sp³-hybridized carbons (Fsp3) is 0.611. The van der Waals surface area contributed by atoms with Crippen LogP contribution in [0.2, 0.25) is 0 Å². The molecule has 122 heavy (non-hydrogen) atoms. The number of nitrogens with one attached hydrogen (secondary N) is 9. The average molecular weight is 1760 g/mol. The van der Waals surface area contributed by atoms with Crippen LogP contribution in [-0.2, 0) is 61.9 Å². The minimum absolute atomic E-state index is 0.00847. The van der Waals surface area contributed by atoms with Gasteiger partial charge in [0, 0.05) is 60.9 Å². The molecule has 27 unspecified atom stereocenters. The Balaban J connectivity index is 0.986. The minimum atomic E-state index is -2.27. The lowest BCUT2D eigenvalue weighted by atomic mass is 9.97. The van der Waals surface area contributed by atoms with E-state index in [1.54, 1.807) is 0 Å². The van der Waals surface area contributed by atoms with E-state index < -0.39 is 256 Å². The second-order valence-corrected chi connectivity index (χ2v) is 31.2. The molecule has 676 valence electrons. The Morgan fingerprint density at radius 3 is 2.01 bits per heavy atom. The molecule has 0 aliphatic carbocycles. The number of aliphatic hydroxyl groups is 11. The number of carbonyl (C=O) groups is 9. The summed E-state index contributed by atoms with van der Waals surface area (Å²) < 4.78 is 40.5. The van der Waals surface area contributed by atoms with Crippen LogP contribution in [0.4, 0.5) is 10.6 Å². The number of hydrogen-bond donors (Lipinski definition) is 27. The van der Waals surface area contributed by atoms with E-state index in [9.17, 15) is 89.7 Å². The predicted molar refractivity (Wildman–Crippen MR) is 423 cm³/mol. The highest BCUT2D eigenvalue weighted by molar-refractivity contribution is 7.14. The van der Waals surface area contributed by atoms with Crippen molar-refractivity contribution in [3.63, 3.8) is 0 Å². The first-order chi connectivity index (χ1) is 57.8. The maximum atomic E-state index is 15.3. The zero-order valence-electron chi connectivity index (χ0n) is 66.8.